The smallest absolute Gasteiger partial charge is 0.216 e. The Bertz CT molecular complexity index is 318. The number of hydrogen-bond acceptors (Lipinski definition) is 6. The van der Waals surface area contributed by atoms with Gasteiger partial charge >= 0.3 is 0 Å². The lowest BCUT2D eigenvalue weighted by Crippen LogP contribution is -2.44. The number of nitrogens with one attached hydrogen (secondary N) is 1. The van der Waals surface area contributed by atoms with Gasteiger partial charge in [-0.15, -0.1) is 0 Å². The van der Waals surface area contributed by atoms with Gasteiger partial charge in [0.05, 0.1) is 58.4 Å². The molecule has 0 saturated carbocycles. The second-order valence-corrected chi connectivity index (χ2v) is 5.48. The Labute approximate surface area is 168 Å². The van der Waals surface area contributed by atoms with E-state index in [-0.39, 0.29) is 21.9 Å². The van der Waals surface area contributed by atoms with Crippen molar-refractivity contribution >= 4 is 5.91 Å². The Balaban J connectivity index is -0.000000299. The number of carbonyl (C=O) groups is 1. The van der Waals surface area contributed by atoms with E-state index >= 15 is 0 Å². The van der Waals surface area contributed by atoms with Crippen molar-refractivity contribution in [3.8, 4) is 0 Å². The van der Waals surface area contributed by atoms with Crippen molar-refractivity contribution in [2.24, 2.45) is 5.73 Å². The first-order valence-electron chi connectivity index (χ1n) is 9.86. The fraction of sp³-hybridized carbons (Fsp3) is 0.947. The predicted molar refractivity (Wildman–Crippen MR) is 112 cm³/mol. The SMILES string of the molecule is CC.CC.CC(=O)NCC(F)C(C)(C)OCCOCCOCCOCCN.[HH].[HH]. The van der Waals surface area contributed by atoms with Crippen LogP contribution in [0.15, 0.2) is 0 Å². The van der Waals surface area contributed by atoms with Crippen molar-refractivity contribution in [3.05, 3.63) is 0 Å². The van der Waals surface area contributed by atoms with Crippen LogP contribution in [0.5, 0.6) is 0 Å². The molecule has 0 saturated heterocycles. The Morgan fingerprint density at radius 2 is 1.37 bits per heavy atom. The van der Waals surface area contributed by atoms with Crippen LogP contribution in [0, 0.1) is 0 Å². The van der Waals surface area contributed by atoms with E-state index < -0.39 is 11.8 Å². The van der Waals surface area contributed by atoms with Gasteiger partial charge in [0.2, 0.25) is 5.91 Å². The molecule has 1 atom stereocenters. The second-order valence-electron chi connectivity index (χ2n) is 5.48. The number of ether oxygens (including phenoxy) is 4. The van der Waals surface area contributed by atoms with Crippen molar-refractivity contribution in [1.29, 1.82) is 0 Å². The molecule has 0 radical (unpaired) electrons. The summed E-state index contributed by atoms with van der Waals surface area (Å²) in [5, 5.41) is 2.44. The standard InChI is InChI=1S/C15H31FN2O5.2C2H6.2H2/c1-13(19)18-12-14(16)15(2,3)23-11-10-22-9-8-21-7-6-20-5-4-17;2*1-2;;/h14H,4-12,17H2,1-3H3,(H,18,19);2*1-2H3;2*1H. The van der Waals surface area contributed by atoms with Gasteiger partial charge in [0.1, 0.15) is 6.17 Å². The molecule has 0 aliphatic rings. The Hall–Kier alpha value is -0.800. The normalized spacial score (nSPS) is 11.6. The van der Waals surface area contributed by atoms with Gasteiger partial charge in [-0.25, -0.2) is 4.39 Å². The predicted octanol–water partition coefficient (Wildman–Crippen LogP) is 2.81. The zero-order valence-electron chi connectivity index (χ0n) is 18.4. The van der Waals surface area contributed by atoms with Gasteiger partial charge in [-0.2, -0.15) is 0 Å². The molecule has 0 aliphatic heterocycles. The van der Waals surface area contributed by atoms with Crippen LogP contribution in [0.3, 0.4) is 0 Å². The number of amides is 1. The molecule has 0 aromatic heterocycles. The summed E-state index contributed by atoms with van der Waals surface area (Å²) in [6.45, 7) is 16.1. The maximum Gasteiger partial charge on any atom is 0.216 e. The largest absolute Gasteiger partial charge is 0.378 e. The van der Waals surface area contributed by atoms with E-state index in [1.54, 1.807) is 13.8 Å². The van der Waals surface area contributed by atoms with E-state index in [4.69, 9.17) is 24.7 Å². The second kappa shape index (κ2) is 23.2. The van der Waals surface area contributed by atoms with Crippen LogP contribution in [0.2, 0.25) is 0 Å². The summed E-state index contributed by atoms with van der Waals surface area (Å²) in [5.41, 5.74) is 4.29. The maximum atomic E-state index is 13.9. The maximum absolute atomic E-state index is 13.9. The van der Waals surface area contributed by atoms with Gasteiger partial charge in [0.25, 0.3) is 0 Å². The first kappa shape index (κ1) is 30.9. The van der Waals surface area contributed by atoms with Gasteiger partial charge in [-0.3, -0.25) is 4.79 Å². The van der Waals surface area contributed by atoms with Crippen LogP contribution in [0.4, 0.5) is 4.39 Å². The molecule has 0 aromatic rings. The summed E-state index contributed by atoms with van der Waals surface area (Å²) in [7, 11) is 0. The summed E-state index contributed by atoms with van der Waals surface area (Å²) in [6.07, 6.45) is -1.29. The van der Waals surface area contributed by atoms with E-state index in [1.807, 2.05) is 27.7 Å². The molecule has 27 heavy (non-hydrogen) atoms. The molecule has 8 heteroatoms. The molecule has 0 spiro atoms. The molecule has 0 aromatic carbocycles. The highest BCUT2D eigenvalue weighted by Crippen LogP contribution is 2.17. The number of nitrogens with two attached hydrogens (primary N) is 1. The molecule has 170 valence electrons. The van der Waals surface area contributed by atoms with Crippen LogP contribution in [-0.2, 0) is 23.7 Å². The number of halogens is 1. The molecule has 0 bridgehead atoms. The first-order valence-corrected chi connectivity index (χ1v) is 9.86. The molecular formula is C19H47FN2O5. The van der Waals surface area contributed by atoms with E-state index in [9.17, 15) is 9.18 Å². The van der Waals surface area contributed by atoms with Gasteiger partial charge < -0.3 is 30.0 Å². The fourth-order valence-electron chi connectivity index (χ4n) is 1.56. The van der Waals surface area contributed by atoms with Gasteiger partial charge in [0, 0.05) is 16.3 Å². The van der Waals surface area contributed by atoms with Crippen molar-refractivity contribution in [3.63, 3.8) is 0 Å². The quantitative estimate of drug-likeness (QED) is 0.409. The Kier molecular flexibility index (Phi) is 26.6. The van der Waals surface area contributed by atoms with E-state index in [0.717, 1.165) is 0 Å². The highest BCUT2D eigenvalue weighted by atomic mass is 19.1. The lowest BCUT2D eigenvalue weighted by atomic mass is 10.0. The number of alkyl halides is 1. The minimum atomic E-state index is -1.29. The van der Waals surface area contributed by atoms with Crippen molar-refractivity contribution in [2.75, 3.05) is 59.3 Å². The fourth-order valence-corrected chi connectivity index (χ4v) is 1.56. The van der Waals surface area contributed by atoms with Crippen molar-refractivity contribution in [1.82, 2.24) is 5.32 Å². The van der Waals surface area contributed by atoms with Crippen LogP contribution >= 0.6 is 0 Å². The Morgan fingerprint density at radius 3 is 1.78 bits per heavy atom. The molecule has 0 rings (SSSR count). The summed E-state index contributed by atoms with van der Waals surface area (Å²) >= 11 is 0. The zero-order chi connectivity index (χ0) is 21.6. The molecule has 3 N–H and O–H groups in total. The van der Waals surface area contributed by atoms with Gasteiger partial charge in [0.15, 0.2) is 0 Å². The average molecular weight is 403 g/mol. The van der Waals surface area contributed by atoms with Gasteiger partial charge in [-0.1, -0.05) is 27.7 Å². The van der Waals surface area contributed by atoms with E-state index in [2.05, 4.69) is 5.32 Å². The van der Waals surface area contributed by atoms with E-state index in [0.29, 0.717) is 46.2 Å². The number of hydrogen-bond donors (Lipinski definition) is 2. The van der Waals surface area contributed by atoms with Gasteiger partial charge in [-0.05, 0) is 13.8 Å². The van der Waals surface area contributed by atoms with Crippen LogP contribution in [0.1, 0.15) is 51.3 Å². The molecule has 0 heterocycles. The Morgan fingerprint density at radius 1 is 0.963 bits per heavy atom. The minimum absolute atomic E-state index is 0. The molecule has 1 amide bonds. The monoisotopic (exact) mass is 402 g/mol. The highest BCUT2D eigenvalue weighted by Gasteiger charge is 2.30. The van der Waals surface area contributed by atoms with Crippen molar-refractivity contribution < 1.29 is 31.0 Å². The minimum Gasteiger partial charge on any atom is -0.378 e. The molecule has 7 nitrogen and oxygen atoms in total. The van der Waals surface area contributed by atoms with E-state index in [1.165, 1.54) is 6.92 Å². The third-order valence-corrected chi connectivity index (χ3v) is 2.99. The van der Waals surface area contributed by atoms with Crippen LogP contribution < -0.4 is 11.1 Å². The summed E-state index contributed by atoms with van der Waals surface area (Å²) in [6, 6.07) is 0. The molecule has 0 aliphatic carbocycles. The first-order chi connectivity index (χ1) is 12.9. The lowest BCUT2D eigenvalue weighted by Gasteiger charge is -2.29. The highest BCUT2D eigenvalue weighted by molar-refractivity contribution is 5.72. The third-order valence-electron chi connectivity index (χ3n) is 2.99. The zero-order valence-corrected chi connectivity index (χ0v) is 18.4. The average Bonchev–Trinajstić information content (AvgIpc) is 2.67. The topological polar surface area (TPSA) is 92.0 Å². The molecular weight excluding hydrogens is 355 g/mol. The van der Waals surface area contributed by atoms with Crippen molar-refractivity contribution in [2.45, 2.75) is 60.2 Å². The summed E-state index contributed by atoms with van der Waals surface area (Å²) < 4.78 is 35.2. The summed E-state index contributed by atoms with van der Waals surface area (Å²) in [4.78, 5) is 10.8. The number of rotatable bonds is 15. The van der Waals surface area contributed by atoms with Crippen LogP contribution in [-0.4, -0.2) is 77.0 Å². The summed E-state index contributed by atoms with van der Waals surface area (Å²) in [5.74, 6) is -0.264. The molecule has 1 unspecified atom stereocenters. The number of carbonyl (C=O) groups excluding carboxylic acids is 1. The third kappa shape index (κ3) is 23.2. The van der Waals surface area contributed by atoms with Crippen LogP contribution in [0.25, 0.3) is 0 Å². The molecule has 0 fully saturated rings. The lowest BCUT2D eigenvalue weighted by molar-refractivity contribution is -0.120.